The second kappa shape index (κ2) is 6.50. The van der Waals surface area contributed by atoms with Crippen LogP contribution in [-0.2, 0) is 10.0 Å². The van der Waals surface area contributed by atoms with E-state index in [0.717, 1.165) is 37.7 Å². The molecule has 1 aliphatic rings. The molecule has 106 valence electrons. The van der Waals surface area contributed by atoms with E-state index >= 15 is 0 Å². The minimum Gasteiger partial charge on any atom is -0.387 e. The van der Waals surface area contributed by atoms with Crippen molar-refractivity contribution in [3.8, 4) is 0 Å². The Morgan fingerprint density at radius 1 is 1.16 bits per heavy atom. The van der Waals surface area contributed by atoms with Crippen LogP contribution in [0.4, 0.5) is 0 Å². The third-order valence-corrected chi connectivity index (χ3v) is 5.57. The van der Waals surface area contributed by atoms with E-state index in [0.29, 0.717) is 0 Å². The maximum absolute atomic E-state index is 12.1. The number of hydrogen-bond donors (Lipinski definition) is 2. The van der Waals surface area contributed by atoms with E-state index in [9.17, 15) is 13.5 Å². The standard InChI is InChI=1S/C14H21NO3S/c16-14(12-7-3-1-4-8-12)11-15-19(17,18)13-9-5-2-6-10-13/h1,3-4,7-8,13-16H,2,5-6,9-11H2. The van der Waals surface area contributed by atoms with Crippen LogP contribution in [-0.4, -0.2) is 25.3 Å². The lowest BCUT2D eigenvalue weighted by atomic mass is 10.0. The summed E-state index contributed by atoms with van der Waals surface area (Å²) in [7, 11) is -3.30. The Balaban J connectivity index is 1.90. The highest BCUT2D eigenvalue weighted by Crippen LogP contribution is 2.23. The Hall–Kier alpha value is -0.910. The Morgan fingerprint density at radius 3 is 2.42 bits per heavy atom. The summed E-state index contributed by atoms with van der Waals surface area (Å²) in [6.07, 6.45) is 3.76. The van der Waals surface area contributed by atoms with Crippen LogP contribution in [0.5, 0.6) is 0 Å². The molecule has 2 N–H and O–H groups in total. The molecule has 0 spiro atoms. The third kappa shape index (κ3) is 4.03. The zero-order valence-corrected chi connectivity index (χ0v) is 11.8. The van der Waals surface area contributed by atoms with E-state index in [2.05, 4.69) is 4.72 Å². The van der Waals surface area contributed by atoms with Gasteiger partial charge in [-0.25, -0.2) is 13.1 Å². The molecule has 0 saturated heterocycles. The number of benzene rings is 1. The summed E-state index contributed by atoms with van der Waals surface area (Å²) in [6, 6.07) is 9.10. The molecule has 0 radical (unpaired) electrons. The lowest BCUT2D eigenvalue weighted by Gasteiger charge is -2.22. The molecule has 1 saturated carbocycles. The Labute approximate surface area is 114 Å². The van der Waals surface area contributed by atoms with Crippen LogP contribution >= 0.6 is 0 Å². The predicted molar refractivity (Wildman–Crippen MR) is 75.2 cm³/mol. The third-order valence-electron chi connectivity index (χ3n) is 3.65. The zero-order valence-electron chi connectivity index (χ0n) is 11.0. The van der Waals surface area contributed by atoms with Crippen molar-refractivity contribution in [1.29, 1.82) is 0 Å². The van der Waals surface area contributed by atoms with Gasteiger partial charge in [-0.1, -0.05) is 49.6 Å². The van der Waals surface area contributed by atoms with E-state index in [-0.39, 0.29) is 11.8 Å². The molecule has 1 aromatic carbocycles. The summed E-state index contributed by atoms with van der Waals surface area (Å²) >= 11 is 0. The average Bonchev–Trinajstić information content (AvgIpc) is 2.47. The molecule has 1 fully saturated rings. The van der Waals surface area contributed by atoms with Gasteiger partial charge in [-0.05, 0) is 18.4 Å². The van der Waals surface area contributed by atoms with Crippen molar-refractivity contribution in [2.75, 3.05) is 6.54 Å². The van der Waals surface area contributed by atoms with Gasteiger partial charge < -0.3 is 5.11 Å². The summed E-state index contributed by atoms with van der Waals surface area (Å²) in [5.74, 6) is 0. The van der Waals surface area contributed by atoms with Gasteiger partial charge in [0, 0.05) is 6.54 Å². The first-order chi connectivity index (χ1) is 9.09. The van der Waals surface area contributed by atoms with Gasteiger partial charge in [0.1, 0.15) is 0 Å². The van der Waals surface area contributed by atoms with Crippen molar-refractivity contribution in [1.82, 2.24) is 4.72 Å². The highest BCUT2D eigenvalue weighted by atomic mass is 32.2. The second-order valence-corrected chi connectivity index (χ2v) is 7.13. The first-order valence-corrected chi connectivity index (χ1v) is 8.36. The van der Waals surface area contributed by atoms with Gasteiger partial charge in [0.05, 0.1) is 11.4 Å². The average molecular weight is 283 g/mol. The van der Waals surface area contributed by atoms with Crippen LogP contribution in [0.25, 0.3) is 0 Å². The molecular formula is C14H21NO3S. The largest absolute Gasteiger partial charge is 0.387 e. The van der Waals surface area contributed by atoms with E-state index in [1.807, 2.05) is 18.2 Å². The molecule has 0 bridgehead atoms. The molecule has 0 aromatic heterocycles. The van der Waals surface area contributed by atoms with Crippen molar-refractivity contribution in [2.45, 2.75) is 43.5 Å². The molecule has 1 unspecified atom stereocenters. The fourth-order valence-electron chi connectivity index (χ4n) is 2.48. The van der Waals surface area contributed by atoms with Crippen molar-refractivity contribution in [2.24, 2.45) is 0 Å². The Morgan fingerprint density at radius 2 is 1.79 bits per heavy atom. The van der Waals surface area contributed by atoms with Gasteiger partial charge >= 0.3 is 0 Å². The number of rotatable bonds is 5. The molecular weight excluding hydrogens is 262 g/mol. The first-order valence-electron chi connectivity index (χ1n) is 6.81. The normalized spacial score (nSPS) is 19.2. The zero-order chi connectivity index (χ0) is 13.7. The monoisotopic (exact) mass is 283 g/mol. The molecule has 0 heterocycles. The highest BCUT2D eigenvalue weighted by molar-refractivity contribution is 7.90. The fraction of sp³-hybridized carbons (Fsp3) is 0.571. The van der Waals surface area contributed by atoms with Crippen LogP contribution in [0.2, 0.25) is 0 Å². The Kier molecular flexibility index (Phi) is 4.96. The highest BCUT2D eigenvalue weighted by Gasteiger charge is 2.27. The molecule has 4 nitrogen and oxygen atoms in total. The maximum atomic E-state index is 12.1. The van der Waals surface area contributed by atoms with Gasteiger partial charge in [0.15, 0.2) is 0 Å². The van der Waals surface area contributed by atoms with Crippen LogP contribution in [0.1, 0.15) is 43.8 Å². The maximum Gasteiger partial charge on any atom is 0.214 e. The molecule has 19 heavy (non-hydrogen) atoms. The summed E-state index contributed by atoms with van der Waals surface area (Å²) < 4.78 is 26.7. The molecule has 1 aliphatic carbocycles. The lowest BCUT2D eigenvalue weighted by Crippen LogP contribution is -2.37. The quantitative estimate of drug-likeness (QED) is 0.868. The molecule has 5 heteroatoms. The van der Waals surface area contributed by atoms with Gasteiger partial charge in [0.25, 0.3) is 0 Å². The van der Waals surface area contributed by atoms with Crippen molar-refractivity contribution in [3.05, 3.63) is 35.9 Å². The SMILES string of the molecule is O=S(=O)(NCC(O)c1ccccc1)C1CCCCC1. The number of sulfonamides is 1. The fourth-order valence-corrected chi connectivity index (χ4v) is 4.06. The van der Waals surface area contributed by atoms with Gasteiger partial charge in [-0.3, -0.25) is 0 Å². The van der Waals surface area contributed by atoms with Crippen LogP contribution < -0.4 is 4.72 Å². The summed E-state index contributed by atoms with van der Waals surface area (Å²) in [5, 5.41) is 9.67. The van der Waals surface area contributed by atoms with Crippen molar-refractivity contribution >= 4 is 10.0 Å². The Bertz CT molecular complexity index is 481. The molecule has 1 atom stereocenters. The number of aliphatic hydroxyl groups excluding tert-OH is 1. The van der Waals surface area contributed by atoms with Crippen molar-refractivity contribution < 1.29 is 13.5 Å². The van der Waals surface area contributed by atoms with E-state index < -0.39 is 16.1 Å². The summed E-state index contributed by atoms with van der Waals surface area (Å²) in [4.78, 5) is 0. The predicted octanol–water partition coefficient (Wildman–Crippen LogP) is 1.97. The summed E-state index contributed by atoms with van der Waals surface area (Å²) in [6.45, 7) is 0.0445. The topological polar surface area (TPSA) is 66.4 Å². The van der Waals surface area contributed by atoms with Crippen LogP contribution in [0.3, 0.4) is 0 Å². The minimum atomic E-state index is -3.30. The molecule has 1 aromatic rings. The van der Waals surface area contributed by atoms with E-state index in [1.165, 1.54) is 0 Å². The summed E-state index contributed by atoms with van der Waals surface area (Å²) in [5.41, 5.74) is 0.730. The molecule has 0 amide bonds. The van der Waals surface area contributed by atoms with Crippen molar-refractivity contribution in [3.63, 3.8) is 0 Å². The lowest BCUT2D eigenvalue weighted by molar-refractivity contribution is 0.182. The van der Waals surface area contributed by atoms with Gasteiger partial charge in [-0.15, -0.1) is 0 Å². The first kappa shape index (κ1) is 14.5. The molecule has 0 aliphatic heterocycles. The number of aliphatic hydroxyl groups is 1. The molecule has 2 rings (SSSR count). The number of nitrogens with one attached hydrogen (secondary N) is 1. The number of hydrogen-bond acceptors (Lipinski definition) is 3. The van der Waals surface area contributed by atoms with Gasteiger partial charge in [0.2, 0.25) is 10.0 Å². The van der Waals surface area contributed by atoms with E-state index in [1.54, 1.807) is 12.1 Å². The smallest absolute Gasteiger partial charge is 0.214 e. The van der Waals surface area contributed by atoms with Crippen LogP contribution in [0.15, 0.2) is 30.3 Å². The van der Waals surface area contributed by atoms with E-state index in [4.69, 9.17) is 0 Å². The second-order valence-electron chi connectivity index (χ2n) is 5.08. The minimum absolute atomic E-state index is 0.0445. The van der Waals surface area contributed by atoms with Gasteiger partial charge in [-0.2, -0.15) is 0 Å². The van der Waals surface area contributed by atoms with Crippen LogP contribution in [0, 0.1) is 0 Å².